The van der Waals surface area contributed by atoms with Crippen LogP contribution < -0.4 is 0 Å². The van der Waals surface area contributed by atoms with Gasteiger partial charge in [-0.2, -0.15) is 0 Å². The van der Waals surface area contributed by atoms with Crippen molar-refractivity contribution in [1.29, 1.82) is 0 Å². The molecule has 0 spiro atoms. The quantitative estimate of drug-likeness (QED) is 0.726. The minimum Gasteiger partial charge on any atom is -0.341 e. The van der Waals surface area contributed by atoms with E-state index in [-0.39, 0.29) is 35.8 Å². The van der Waals surface area contributed by atoms with E-state index >= 15 is 0 Å². The number of benzene rings is 1. The molecule has 0 unspecified atom stereocenters. The van der Waals surface area contributed by atoms with E-state index in [1.807, 2.05) is 24.3 Å². The fourth-order valence-electron chi connectivity index (χ4n) is 3.54. The zero-order valence-corrected chi connectivity index (χ0v) is 16.4. The molecule has 2 aliphatic rings. The van der Waals surface area contributed by atoms with Gasteiger partial charge in [-0.25, -0.2) is 8.42 Å². The molecule has 136 valence electrons. The number of hydrogen-bond acceptors (Lipinski definition) is 4. The topological polar surface area (TPSA) is 74.8 Å². The Kier molecular flexibility index (Phi) is 5.20. The summed E-state index contributed by atoms with van der Waals surface area (Å²) in [7, 11) is -1.32. The number of halogens is 1. The van der Waals surface area contributed by atoms with Crippen molar-refractivity contribution in [3.8, 4) is 0 Å². The number of likely N-dealkylation sites (tertiary alicyclic amines) is 1. The molecule has 0 saturated carbocycles. The maximum absolute atomic E-state index is 12.7. The Labute approximate surface area is 156 Å². The molecule has 0 aromatic heterocycles. The summed E-state index contributed by atoms with van der Waals surface area (Å²) in [6.07, 6.45) is 0.636. The first-order chi connectivity index (χ1) is 11.8. The highest BCUT2D eigenvalue weighted by Crippen LogP contribution is 2.27. The minimum atomic E-state index is -3.05. The summed E-state index contributed by atoms with van der Waals surface area (Å²) in [6, 6.07) is 7.43. The molecule has 1 aromatic rings. The Hall–Kier alpha value is -1.41. The van der Waals surface area contributed by atoms with Crippen LogP contribution in [0.25, 0.3) is 0 Å². The molecule has 0 radical (unpaired) electrons. The van der Waals surface area contributed by atoms with Crippen LogP contribution in [0.4, 0.5) is 0 Å². The summed E-state index contributed by atoms with van der Waals surface area (Å²) in [4.78, 5) is 28.2. The Morgan fingerprint density at radius 2 is 2.08 bits per heavy atom. The summed E-state index contributed by atoms with van der Waals surface area (Å²) in [5.41, 5.74) is 1.00. The third-order valence-corrected chi connectivity index (χ3v) is 7.42. The van der Waals surface area contributed by atoms with E-state index in [1.165, 1.54) is 0 Å². The van der Waals surface area contributed by atoms with Crippen LogP contribution in [0.3, 0.4) is 0 Å². The highest BCUT2D eigenvalue weighted by atomic mass is 79.9. The van der Waals surface area contributed by atoms with E-state index in [2.05, 4.69) is 15.9 Å². The van der Waals surface area contributed by atoms with Crippen LogP contribution in [-0.4, -0.2) is 61.2 Å². The number of sulfone groups is 1. The van der Waals surface area contributed by atoms with Crippen molar-refractivity contribution in [2.45, 2.75) is 25.4 Å². The number of carbonyl (C=O) groups is 2. The molecule has 0 bridgehead atoms. The van der Waals surface area contributed by atoms with E-state index in [4.69, 9.17) is 0 Å². The summed E-state index contributed by atoms with van der Waals surface area (Å²) >= 11 is 3.47. The number of rotatable bonds is 4. The molecule has 2 atom stereocenters. The smallest absolute Gasteiger partial charge is 0.228 e. The zero-order chi connectivity index (χ0) is 18.2. The molecule has 2 saturated heterocycles. The van der Waals surface area contributed by atoms with Gasteiger partial charge in [-0.05, 0) is 18.1 Å². The Bertz CT molecular complexity index is 796. The predicted molar refractivity (Wildman–Crippen MR) is 97.5 cm³/mol. The largest absolute Gasteiger partial charge is 0.341 e. The fraction of sp³-hybridized carbons (Fsp3) is 0.529. The van der Waals surface area contributed by atoms with Gasteiger partial charge in [0.1, 0.15) is 0 Å². The molecule has 0 N–H and O–H groups in total. The lowest BCUT2D eigenvalue weighted by Crippen LogP contribution is -2.39. The van der Waals surface area contributed by atoms with Gasteiger partial charge in [-0.1, -0.05) is 34.1 Å². The third kappa shape index (κ3) is 4.06. The van der Waals surface area contributed by atoms with Crippen molar-refractivity contribution in [3.63, 3.8) is 0 Å². The second-order valence-corrected chi connectivity index (χ2v) is 9.87. The lowest BCUT2D eigenvalue weighted by molar-refractivity contribution is -0.135. The van der Waals surface area contributed by atoms with Crippen LogP contribution in [0, 0.1) is 5.92 Å². The van der Waals surface area contributed by atoms with Crippen LogP contribution in [-0.2, 0) is 26.0 Å². The van der Waals surface area contributed by atoms with Crippen molar-refractivity contribution in [1.82, 2.24) is 9.80 Å². The molecule has 2 heterocycles. The van der Waals surface area contributed by atoms with Crippen LogP contribution >= 0.6 is 15.9 Å². The molecule has 6 nitrogen and oxygen atoms in total. The van der Waals surface area contributed by atoms with E-state index in [9.17, 15) is 18.0 Å². The summed E-state index contributed by atoms with van der Waals surface area (Å²) < 4.78 is 24.2. The molecule has 8 heteroatoms. The van der Waals surface area contributed by atoms with Gasteiger partial charge in [0.05, 0.1) is 17.4 Å². The fourth-order valence-corrected chi connectivity index (χ4v) is 5.68. The predicted octanol–water partition coefficient (Wildman–Crippen LogP) is 1.44. The molecule has 2 aliphatic heterocycles. The zero-order valence-electron chi connectivity index (χ0n) is 14.0. The molecule has 3 rings (SSSR count). The normalized spacial score (nSPS) is 25.4. The Morgan fingerprint density at radius 3 is 2.72 bits per heavy atom. The second-order valence-electron chi connectivity index (χ2n) is 6.79. The Balaban J connectivity index is 1.63. The van der Waals surface area contributed by atoms with Crippen LogP contribution in [0.2, 0.25) is 0 Å². The average molecular weight is 429 g/mol. The van der Waals surface area contributed by atoms with Gasteiger partial charge in [0.2, 0.25) is 11.8 Å². The Morgan fingerprint density at radius 1 is 1.36 bits per heavy atom. The molecule has 25 heavy (non-hydrogen) atoms. The monoisotopic (exact) mass is 428 g/mol. The summed E-state index contributed by atoms with van der Waals surface area (Å²) in [5.74, 6) is -0.445. The van der Waals surface area contributed by atoms with Gasteiger partial charge < -0.3 is 9.80 Å². The molecular formula is C17H21BrN2O4S. The maximum atomic E-state index is 12.7. The first kappa shape index (κ1) is 18.4. The minimum absolute atomic E-state index is 0.0203. The third-order valence-electron chi connectivity index (χ3n) is 4.90. The summed E-state index contributed by atoms with van der Waals surface area (Å²) in [6.45, 7) is 0.779. The SMILES string of the molecule is CN(Cc1ccccc1Br)C(=O)[C@H]1CC(=O)N([C@@H]2CCS(=O)(=O)C2)C1. The lowest BCUT2D eigenvalue weighted by atomic mass is 10.1. The number of carbonyl (C=O) groups excluding carboxylic acids is 2. The van der Waals surface area contributed by atoms with E-state index in [1.54, 1.807) is 16.8 Å². The first-order valence-electron chi connectivity index (χ1n) is 8.25. The summed E-state index contributed by atoms with van der Waals surface area (Å²) in [5, 5.41) is 0. The highest BCUT2D eigenvalue weighted by Gasteiger charge is 2.42. The van der Waals surface area contributed by atoms with Crippen molar-refractivity contribution >= 4 is 37.6 Å². The van der Waals surface area contributed by atoms with E-state index in [0.717, 1.165) is 10.0 Å². The van der Waals surface area contributed by atoms with Crippen LogP contribution in [0.5, 0.6) is 0 Å². The van der Waals surface area contributed by atoms with Gasteiger partial charge in [-0.15, -0.1) is 0 Å². The van der Waals surface area contributed by atoms with Gasteiger partial charge in [0.15, 0.2) is 9.84 Å². The van der Waals surface area contributed by atoms with Crippen molar-refractivity contribution in [3.05, 3.63) is 34.3 Å². The lowest BCUT2D eigenvalue weighted by Gasteiger charge is -2.24. The van der Waals surface area contributed by atoms with Crippen LogP contribution in [0.1, 0.15) is 18.4 Å². The van der Waals surface area contributed by atoms with E-state index in [0.29, 0.717) is 19.5 Å². The highest BCUT2D eigenvalue weighted by molar-refractivity contribution is 9.10. The average Bonchev–Trinajstić information content (AvgIpc) is 3.11. The first-order valence-corrected chi connectivity index (χ1v) is 10.9. The molecular weight excluding hydrogens is 408 g/mol. The number of hydrogen-bond donors (Lipinski definition) is 0. The molecule has 2 amide bonds. The van der Waals surface area contributed by atoms with Crippen molar-refractivity contribution in [2.24, 2.45) is 5.92 Å². The second kappa shape index (κ2) is 7.07. The van der Waals surface area contributed by atoms with Gasteiger partial charge in [0, 0.05) is 37.1 Å². The van der Waals surface area contributed by atoms with Crippen molar-refractivity contribution in [2.75, 3.05) is 25.1 Å². The molecule has 0 aliphatic carbocycles. The standard InChI is InChI=1S/C17H21BrN2O4S/c1-19(9-12-4-2-3-5-15(12)18)17(22)13-8-16(21)20(10-13)14-6-7-25(23,24)11-14/h2-5,13-14H,6-11H2,1H3/t13-,14+/m0/s1. The molecule has 2 fully saturated rings. The molecule has 1 aromatic carbocycles. The van der Waals surface area contributed by atoms with Crippen molar-refractivity contribution < 1.29 is 18.0 Å². The number of nitrogens with zero attached hydrogens (tertiary/aromatic N) is 2. The van der Waals surface area contributed by atoms with Gasteiger partial charge >= 0.3 is 0 Å². The maximum Gasteiger partial charge on any atom is 0.228 e. The van der Waals surface area contributed by atoms with E-state index < -0.39 is 15.8 Å². The van der Waals surface area contributed by atoms with Gasteiger partial charge in [-0.3, -0.25) is 9.59 Å². The van der Waals surface area contributed by atoms with Crippen LogP contribution in [0.15, 0.2) is 28.7 Å². The number of amides is 2. The van der Waals surface area contributed by atoms with Gasteiger partial charge in [0.25, 0.3) is 0 Å².